The summed E-state index contributed by atoms with van der Waals surface area (Å²) in [5, 5.41) is 0. The monoisotopic (exact) mass is 343 g/mol. The number of hydrogen-bond acceptors (Lipinski definition) is 6. The smallest absolute Gasteiger partial charge is 0.195 e. The molecule has 5 rings (SSSR count). The third-order valence-electron chi connectivity index (χ3n) is 4.64. The van der Waals surface area contributed by atoms with Crippen molar-refractivity contribution in [3.63, 3.8) is 0 Å². The fraction of sp³-hybridized carbons (Fsp3) is 0.200. The van der Waals surface area contributed by atoms with Gasteiger partial charge in [-0.05, 0) is 24.3 Å². The van der Waals surface area contributed by atoms with Gasteiger partial charge in [-0.15, -0.1) is 0 Å². The second kappa shape index (κ2) is 6.31. The van der Waals surface area contributed by atoms with Crippen LogP contribution in [0.1, 0.15) is 17.0 Å². The van der Waals surface area contributed by atoms with E-state index in [1.165, 1.54) is 5.56 Å². The Bertz CT molecular complexity index is 1060. The highest BCUT2D eigenvalue weighted by Crippen LogP contribution is 2.22. The molecule has 0 aliphatic carbocycles. The Morgan fingerprint density at radius 1 is 0.962 bits per heavy atom. The summed E-state index contributed by atoms with van der Waals surface area (Å²) in [5.41, 5.74) is 5.13. The molecule has 1 aliphatic rings. The molecule has 3 aromatic heterocycles. The van der Waals surface area contributed by atoms with E-state index in [4.69, 9.17) is 9.40 Å². The van der Waals surface area contributed by atoms with Crippen LogP contribution in [0.2, 0.25) is 0 Å². The van der Waals surface area contributed by atoms with Gasteiger partial charge in [0, 0.05) is 37.8 Å². The number of hydrogen-bond donors (Lipinski definition) is 0. The quantitative estimate of drug-likeness (QED) is 0.569. The number of furan rings is 1. The van der Waals surface area contributed by atoms with Crippen LogP contribution in [0.15, 0.2) is 59.5 Å². The minimum absolute atomic E-state index is 0.655. The number of nitrogens with zero attached hydrogens (tertiary/aromatic N) is 5. The van der Waals surface area contributed by atoms with Gasteiger partial charge in [0.15, 0.2) is 11.6 Å². The molecule has 4 aromatic rings. The van der Waals surface area contributed by atoms with Crippen molar-refractivity contribution < 1.29 is 4.42 Å². The zero-order valence-electron chi connectivity index (χ0n) is 14.2. The first kappa shape index (κ1) is 15.2. The lowest BCUT2D eigenvalue weighted by molar-refractivity contribution is 0.240. The Morgan fingerprint density at radius 2 is 1.88 bits per heavy atom. The van der Waals surface area contributed by atoms with Crippen molar-refractivity contribution in [3.8, 4) is 11.6 Å². The van der Waals surface area contributed by atoms with E-state index in [9.17, 15) is 0 Å². The van der Waals surface area contributed by atoms with E-state index in [0.29, 0.717) is 11.6 Å². The summed E-state index contributed by atoms with van der Waals surface area (Å²) in [6.07, 6.45) is 6.32. The van der Waals surface area contributed by atoms with Gasteiger partial charge >= 0.3 is 0 Å². The van der Waals surface area contributed by atoms with Gasteiger partial charge in [-0.25, -0.2) is 15.0 Å². The minimum atomic E-state index is 0.655. The van der Waals surface area contributed by atoms with E-state index in [-0.39, 0.29) is 0 Å². The fourth-order valence-corrected chi connectivity index (χ4v) is 3.33. The van der Waals surface area contributed by atoms with Crippen molar-refractivity contribution >= 4 is 11.0 Å². The van der Waals surface area contributed by atoms with Gasteiger partial charge in [0.2, 0.25) is 0 Å². The number of fused-ring (bicyclic) bond motifs is 2. The molecule has 4 heterocycles. The third kappa shape index (κ3) is 2.84. The number of benzene rings is 1. The summed E-state index contributed by atoms with van der Waals surface area (Å²) < 4.78 is 5.40. The number of para-hydroxylation sites is 2. The lowest BCUT2D eigenvalue weighted by atomic mass is 10.1. The Balaban J connectivity index is 1.35. The predicted octanol–water partition coefficient (Wildman–Crippen LogP) is 3.24. The second-order valence-electron chi connectivity index (χ2n) is 6.45. The molecule has 1 aromatic carbocycles. The molecule has 0 saturated heterocycles. The van der Waals surface area contributed by atoms with Gasteiger partial charge < -0.3 is 4.42 Å². The SMILES string of the molecule is c1coc(-c2ncc3c(n2)CCN(Cc2cnc4ccccc4n2)C3)c1. The van der Waals surface area contributed by atoms with Crippen molar-refractivity contribution in [2.45, 2.75) is 19.5 Å². The fourth-order valence-electron chi connectivity index (χ4n) is 3.33. The van der Waals surface area contributed by atoms with Crippen LogP contribution < -0.4 is 0 Å². The highest BCUT2D eigenvalue weighted by atomic mass is 16.3. The van der Waals surface area contributed by atoms with Crippen molar-refractivity contribution in [3.05, 3.63) is 72.0 Å². The maximum atomic E-state index is 5.40. The van der Waals surface area contributed by atoms with Gasteiger partial charge in [-0.3, -0.25) is 9.88 Å². The molecule has 0 fully saturated rings. The molecule has 0 radical (unpaired) electrons. The molecule has 0 N–H and O–H groups in total. The first-order valence-electron chi connectivity index (χ1n) is 8.67. The molecule has 6 nitrogen and oxygen atoms in total. The van der Waals surface area contributed by atoms with Crippen LogP contribution >= 0.6 is 0 Å². The Kier molecular flexibility index (Phi) is 3.68. The van der Waals surface area contributed by atoms with E-state index in [1.807, 2.05) is 48.8 Å². The topological polar surface area (TPSA) is 67.9 Å². The molecule has 6 heteroatoms. The first-order valence-corrected chi connectivity index (χ1v) is 8.67. The maximum absolute atomic E-state index is 5.40. The van der Waals surface area contributed by atoms with Crippen LogP contribution in [-0.4, -0.2) is 31.4 Å². The van der Waals surface area contributed by atoms with Crippen LogP contribution in [-0.2, 0) is 19.5 Å². The lowest BCUT2D eigenvalue weighted by Gasteiger charge is -2.27. The third-order valence-corrected chi connectivity index (χ3v) is 4.64. The largest absolute Gasteiger partial charge is 0.461 e. The minimum Gasteiger partial charge on any atom is -0.461 e. The highest BCUT2D eigenvalue weighted by molar-refractivity contribution is 5.73. The lowest BCUT2D eigenvalue weighted by Crippen LogP contribution is -2.31. The van der Waals surface area contributed by atoms with Gasteiger partial charge in [0.25, 0.3) is 0 Å². The van der Waals surface area contributed by atoms with Crippen LogP contribution in [0, 0.1) is 0 Å². The number of aromatic nitrogens is 4. The van der Waals surface area contributed by atoms with Crippen molar-refractivity contribution in [2.24, 2.45) is 0 Å². The van der Waals surface area contributed by atoms with Crippen LogP contribution in [0.4, 0.5) is 0 Å². The maximum Gasteiger partial charge on any atom is 0.195 e. The molecular formula is C20H17N5O. The zero-order valence-corrected chi connectivity index (χ0v) is 14.2. The second-order valence-corrected chi connectivity index (χ2v) is 6.45. The molecule has 1 aliphatic heterocycles. The average molecular weight is 343 g/mol. The summed E-state index contributed by atoms with van der Waals surface area (Å²) >= 11 is 0. The Labute approximate surface area is 150 Å². The molecule has 0 atom stereocenters. The average Bonchev–Trinajstić information content (AvgIpc) is 3.22. The molecular weight excluding hydrogens is 326 g/mol. The Hall–Kier alpha value is -3.12. The van der Waals surface area contributed by atoms with E-state index in [0.717, 1.165) is 48.5 Å². The van der Waals surface area contributed by atoms with Crippen molar-refractivity contribution in [1.29, 1.82) is 0 Å². The van der Waals surface area contributed by atoms with E-state index >= 15 is 0 Å². The summed E-state index contributed by atoms with van der Waals surface area (Å²) in [7, 11) is 0. The van der Waals surface area contributed by atoms with Crippen molar-refractivity contribution in [2.75, 3.05) is 6.54 Å². The van der Waals surface area contributed by atoms with E-state index in [1.54, 1.807) is 6.26 Å². The standard InChI is InChI=1S/C20H17N5O/c1-2-5-18-17(4-1)21-11-15(23-18)13-25-8-7-16-14(12-25)10-22-20(24-16)19-6-3-9-26-19/h1-6,9-11H,7-8,12-13H2. The summed E-state index contributed by atoms with van der Waals surface area (Å²) in [4.78, 5) is 20.7. The van der Waals surface area contributed by atoms with Crippen LogP contribution in [0.5, 0.6) is 0 Å². The van der Waals surface area contributed by atoms with Crippen LogP contribution in [0.3, 0.4) is 0 Å². The first-order chi connectivity index (χ1) is 12.8. The van der Waals surface area contributed by atoms with Crippen LogP contribution in [0.25, 0.3) is 22.6 Å². The molecule has 0 bridgehead atoms. The Morgan fingerprint density at radius 3 is 2.77 bits per heavy atom. The molecule has 0 spiro atoms. The van der Waals surface area contributed by atoms with Gasteiger partial charge in [0.05, 0.1) is 34.9 Å². The molecule has 0 unspecified atom stereocenters. The molecule has 0 amide bonds. The van der Waals surface area contributed by atoms with Gasteiger partial charge in [0.1, 0.15) is 0 Å². The van der Waals surface area contributed by atoms with E-state index in [2.05, 4.69) is 19.9 Å². The molecule has 26 heavy (non-hydrogen) atoms. The predicted molar refractivity (Wildman–Crippen MR) is 97.1 cm³/mol. The molecule has 128 valence electrons. The van der Waals surface area contributed by atoms with E-state index < -0.39 is 0 Å². The normalized spacial score (nSPS) is 14.5. The van der Waals surface area contributed by atoms with Gasteiger partial charge in [-0.2, -0.15) is 0 Å². The summed E-state index contributed by atoms with van der Waals surface area (Å²) in [6.45, 7) is 2.54. The highest BCUT2D eigenvalue weighted by Gasteiger charge is 2.20. The van der Waals surface area contributed by atoms with Crippen molar-refractivity contribution in [1.82, 2.24) is 24.8 Å². The summed E-state index contributed by atoms with van der Waals surface area (Å²) in [6, 6.07) is 11.7. The summed E-state index contributed by atoms with van der Waals surface area (Å²) in [5.74, 6) is 1.37. The number of rotatable bonds is 3. The zero-order chi connectivity index (χ0) is 17.3. The van der Waals surface area contributed by atoms with Gasteiger partial charge in [-0.1, -0.05) is 12.1 Å². The molecule has 0 saturated carbocycles.